The number of anilines is 1. The van der Waals surface area contributed by atoms with Crippen LogP contribution in [0.15, 0.2) is 42.0 Å². The number of nitrogens with zero attached hydrogens (tertiary/aromatic N) is 6. The van der Waals surface area contributed by atoms with Crippen molar-refractivity contribution >= 4 is 28.7 Å². The zero-order chi connectivity index (χ0) is 47.9. The molecule has 0 bridgehead atoms. The molecule has 0 saturated carbocycles. The van der Waals surface area contributed by atoms with Crippen molar-refractivity contribution in [2.24, 2.45) is 5.73 Å². The van der Waals surface area contributed by atoms with Crippen LogP contribution < -0.4 is 11.2 Å². The van der Waals surface area contributed by atoms with E-state index in [1.807, 2.05) is 38.3 Å². The molecule has 2 aliphatic rings. The van der Waals surface area contributed by atoms with E-state index in [4.69, 9.17) is 31.8 Å². The number of aliphatic hydroxyl groups is 2. The minimum absolute atomic E-state index is 0.167. The molecule has 0 saturated heterocycles. The number of fused-ring (bicyclic) bond motifs is 2. The molecule has 0 spiro atoms. The Balaban J connectivity index is 1.20. The van der Waals surface area contributed by atoms with Gasteiger partial charge >= 0.3 is 0 Å². The molecule has 5 N–H and O–H groups in total. The van der Waals surface area contributed by atoms with Crippen molar-refractivity contribution in [3.05, 3.63) is 47.2 Å². The second-order valence-electron chi connectivity index (χ2n) is 19.6. The third-order valence-electron chi connectivity index (χ3n) is 13.7. The number of aromatic nitrogens is 4. The molecule has 0 aromatic carbocycles. The van der Waals surface area contributed by atoms with Gasteiger partial charge in [0.25, 0.3) is 0 Å². The second-order valence-corrected chi connectivity index (χ2v) is 20.0. The molecule has 1 aliphatic carbocycles. The lowest BCUT2D eigenvalue weighted by Gasteiger charge is -2.39. The molecule has 67 heavy (non-hydrogen) atoms. The Morgan fingerprint density at radius 1 is 0.627 bits per heavy atom. The van der Waals surface area contributed by atoms with Crippen molar-refractivity contribution in [1.29, 1.82) is 0 Å². The van der Waals surface area contributed by atoms with E-state index in [1.54, 1.807) is 14.7 Å². The van der Waals surface area contributed by atoms with Crippen LogP contribution in [-0.4, -0.2) is 77.6 Å². The maximum Gasteiger partial charge on any atom is 0.227 e. The van der Waals surface area contributed by atoms with Crippen molar-refractivity contribution in [3.63, 3.8) is 0 Å². The molecular formula is C54H95ClN8O4. The number of halogens is 1. The van der Waals surface area contributed by atoms with Crippen LogP contribution in [0.3, 0.4) is 0 Å². The molecule has 1 aliphatic heterocycles. The van der Waals surface area contributed by atoms with Gasteiger partial charge in [-0.05, 0) is 44.4 Å². The number of nitrogens with one attached hydrogen (secondary N) is 1. The lowest BCUT2D eigenvalue weighted by atomic mass is 10.0. The summed E-state index contributed by atoms with van der Waals surface area (Å²) in [5.41, 5.74) is 11.8. The number of aliphatic hydroxyl groups excluding tert-OH is 2. The third kappa shape index (κ3) is 21.0. The Bertz CT molecular complexity index is 1690. The number of allylic oxidation sites excluding steroid dienone is 1. The lowest BCUT2D eigenvalue weighted by Crippen LogP contribution is -2.54. The van der Waals surface area contributed by atoms with Gasteiger partial charge < -0.3 is 25.4 Å². The quantitative estimate of drug-likeness (QED) is 0.0372. The zero-order valence-corrected chi connectivity index (χ0v) is 43.4. The van der Waals surface area contributed by atoms with E-state index in [2.05, 4.69) is 29.2 Å². The van der Waals surface area contributed by atoms with E-state index < -0.39 is 24.7 Å². The highest BCUT2D eigenvalue weighted by Gasteiger charge is 2.40. The molecule has 3 heterocycles. The smallest absolute Gasteiger partial charge is 0.227 e. The molecule has 0 amide bonds. The van der Waals surface area contributed by atoms with Gasteiger partial charge in [0.2, 0.25) is 5.95 Å². The molecule has 12 nitrogen and oxygen atoms in total. The van der Waals surface area contributed by atoms with Crippen LogP contribution in [0.2, 0.25) is 5.15 Å². The predicted octanol–water partition coefficient (Wildman–Crippen LogP) is 14.1. The first kappa shape index (κ1) is 56.8. The summed E-state index contributed by atoms with van der Waals surface area (Å²) in [5.74, 6) is 0.262. The first-order valence-corrected chi connectivity index (χ1v) is 27.8. The molecular weight excluding hydrogens is 860 g/mol. The van der Waals surface area contributed by atoms with Gasteiger partial charge in [-0.3, -0.25) is 9.99 Å². The number of hydrogen-bond donors (Lipinski definition) is 4. The fraction of sp³-hybridized carbons (Fsp3) is 0.796. The normalized spacial score (nSPS) is 16.9. The Hall–Kier alpha value is -2.74. The van der Waals surface area contributed by atoms with Gasteiger partial charge in [-0.25, -0.2) is 20.1 Å². The van der Waals surface area contributed by atoms with Crippen LogP contribution in [0.25, 0.3) is 11.2 Å². The van der Waals surface area contributed by atoms with Crippen molar-refractivity contribution in [2.45, 2.75) is 264 Å². The van der Waals surface area contributed by atoms with Gasteiger partial charge in [0.15, 0.2) is 23.3 Å². The Kier molecular flexibility index (Phi) is 29.3. The summed E-state index contributed by atoms with van der Waals surface area (Å²) in [4.78, 5) is 13.4. The minimum Gasteiger partial charge on any atom is -0.399 e. The number of hydrogen-bond acceptors (Lipinski definition) is 11. The lowest BCUT2D eigenvalue weighted by molar-refractivity contribution is -0.164. The monoisotopic (exact) mass is 955 g/mol. The van der Waals surface area contributed by atoms with Crippen molar-refractivity contribution in [2.75, 3.05) is 18.6 Å². The van der Waals surface area contributed by atoms with E-state index in [1.165, 1.54) is 186 Å². The van der Waals surface area contributed by atoms with Gasteiger partial charge in [-0.2, -0.15) is 5.01 Å². The van der Waals surface area contributed by atoms with Crippen LogP contribution in [0.5, 0.6) is 0 Å². The summed E-state index contributed by atoms with van der Waals surface area (Å²) in [5, 5.41) is 27.4. The van der Waals surface area contributed by atoms with Crippen LogP contribution in [-0.2, 0) is 9.47 Å². The fourth-order valence-electron chi connectivity index (χ4n) is 9.47. The molecule has 5 atom stereocenters. The summed E-state index contributed by atoms with van der Waals surface area (Å²) < 4.78 is 14.1. The van der Waals surface area contributed by atoms with E-state index in [0.717, 1.165) is 31.3 Å². The molecule has 2 aromatic rings. The van der Waals surface area contributed by atoms with E-state index in [0.29, 0.717) is 30.1 Å². The minimum atomic E-state index is -1.15. The van der Waals surface area contributed by atoms with Crippen molar-refractivity contribution < 1.29 is 19.7 Å². The van der Waals surface area contributed by atoms with E-state index >= 15 is 0 Å². The largest absolute Gasteiger partial charge is 0.399 e. The average Bonchev–Trinajstić information content (AvgIpc) is 3.88. The van der Waals surface area contributed by atoms with Crippen LogP contribution in [0.1, 0.15) is 239 Å². The maximum atomic E-state index is 11.9. The Morgan fingerprint density at radius 2 is 1.04 bits per heavy atom. The summed E-state index contributed by atoms with van der Waals surface area (Å²) in [6.45, 7) is 9.43. The topological polar surface area (TPSA) is 147 Å². The highest BCUT2D eigenvalue weighted by molar-refractivity contribution is 6.33. The molecule has 0 fully saturated rings. The van der Waals surface area contributed by atoms with Crippen molar-refractivity contribution in [3.8, 4) is 0 Å². The zero-order valence-electron chi connectivity index (χ0n) is 42.7. The van der Waals surface area contributed by atoms with Crippen molar-refractivity contribution in [1.82, 2.24) is 29.6 Å². The molecule has 5 unspecified atom stereocenters. The van der Waals surface area contributed by atoms with Gasteiger partial charge in [0.1, 0.15) is 11.8 Å². The number of imidazole rings is 1. The average molecular weight is 956 g/mol. The van der Waals surface area contributed by atoms with Gasteiger partial charge in [0.05, 0.1) is 18.2 Å². The summed E-state index contributed by atoms with van der Waals surface area (Å²) >= 11 is 6.55. The Morgan fingerprint density at radius 3 is 1.49 bits per heavy atom. The van der Waals surface area contributed by atoms with Crippen LogP contribution in [0.4, 0.5) is 5.95 Å². The first-order chi connectivity index (χ1) is 32.8. The summed E-state index contributed by atoms with van der Waals surface area (Å²) in [6.07, 6.45) is 47.7. The molecule has 13 heteroatoms. The molecule has 382 valence electrons. The molecule has 2 aromatic heterocycles. The number of rotatable bonds is 42. The van der Waals surface area contributed by atoms with Crippen LogP contribution in [0, 0.1) is 0 Å². The van der Waals surface area contributed by atoms with Gasteiger partial charge in [-0.1, -0.05) is 224 Å². The van der Waals surface area contributed by atoms with Gasteiger partial charge in [-0.15, -0.1) is 0 Å². The summed E-state index contributed by atoms with van der Waals surface area (Å²) in [6, 6.07) is -0.315. The summed E-state index contributed by atoms with van der Waals surface area (Å²) in [7, 11) is 0. The molecule has 4 rings (SSSR count). The number of unbranched alkanes of at least 4 members (excludes halogenated alkanes) is 30. The Labute approximate surface area is 411 Å². The highest BCUT2D eigenvalue weighted by atomic mass is 35.5. The number of nitrogens with two attached hydrogens (primary N) is 1. The highest BCUT2D eigenvalue weighted by Crippen LogP contribution is 2.34. The standard InChI is InChI=1S/C54H95ClN8O4/c1-5-7-9-11-13-15-17-19-21-23-25-27-29-31-33-35-39-66-44(3)52(64)62-51-49(50(55)57-43-58-51)59-54(62)60-61-42-46-41-47(56)37-38-48(46)63(61)53(65)45(4)67-40-36-34-32-30-28-26-24-22-20-18-16-14-12-10-8-6-2/h37-38,41-45,48,52-53,64-65H,5-36,39-40,56H2,1-4H3,(H,59,60). The number of hydrazine groups is 2. The first-order valence-electron chi connectivity index (χ1n) is 27.5. The second kappa shape index (κ2) is 34.5. The fourth-order valence-corrected chi connectivity index (χ4v) is 9.64. The van der Waals surface area contributed by atoms with Gasteiger partial charge in [0, 0.05) is 25.1 Å². The maximum absolute atomic E-state index is 11.9. The van der Waals surface area contributed by atoms with Crippen LogP contribution >= 0.6 is 11.6 Å². The number of ether oxygens (including phenoxy) is 2. The molecule has 0 radical (unpaired) electrons. The predicted molar refractivity (Wildman–Crippen MR) is 278 cm³/mol. The van der Waals surface area contributed by atoms with E-state index in [9.17, 15) is 10.2 Å². The third-order valence-corrected chi connectivity index (χ3v) is 14.0. The van der Waals surface area contributed by atoms with E-state index in [-0.39, 0.29) is 17.1 Å². The SMILES string of the molecule is CCCCCCCCCCCCCCCCCCOC(C)C(O)N1C2C=CC(N)=CC2=CN1Nc1nc2c(Cl)ncnc2n1C(O)C(C)OCCCCCCCCCCCCCCCCCC.